The largest absolute Gasteiger partial charge is 0.364 e. The molecule has 3 atom stereocenters. The first-order valence-corrected chi connectivity index (χ1v) is 10.8. The van der Waals surface area contributed by atoms with Crippen LogP contribution in [0.25, 0.3) is 10.9 Å². The smallest absolute Gasteiger partial charge is 0.269 e. The molecule has 11 heteroatoms. The molecule has 0 radical (unpaired) electrons. The van der Waals surface area contributed by atoms with Crippen LogP contribution >= 0.6 is 15.9 Å². The van der Waals surface area contributed by atoms with Crippen molar-refractivity contribution in [3.8, 4) is 0 Å². The molecule has 5 rings (SSSR count). The van der Waals surface area contributed by atoms with Crippen LogP contribution in [-0.4, -0.2) is 49.5 Å². The molecule has 1 saturated carbocycles. The molecule has 1 saturated heterocycles. The fourth-order valence-corrected chi connectivity index (χ4v) is 4.74. The van der Waals surface area contributed by atoms with Crippen LogP contribution in [0.3, 0.4) is 0 Å². The number of hydrogen-bond acceptors (Lipinski definition) is 5. The van der Waals surface area contributed by atoms with Gasteiger partial charge < -0.3 is 16.0 Å². The van der Waals surface area contributed by atoms with Gasteiger partial charge in [-0.25, -0.2) is 9.37 Å². The van der Waals surface area contributed by atoms with Gasteiger partial charge in [-0.1, -0.05) is 6.07 Å². The number of benzene rings is 1. The number of fused-ring (bicyclic) bond motifs is 2. The van der Waals surface area contributed by atoms with Gasteiger partial charge in [0, 0.05) is 11.4 Å². The summed E-state index contributed by atoms with van der Waals surface area (Å²) in [4.78, 5) is 43.7. The molecule has 164 valence electrons. The number of nitrogens with zero attached hydrogens (tertiary/aromatic N) is 4. The first kappa shape index (κ1) is 20.6. The summed E-state index contributed by atoms with van der Waals surface area (Å²) in [6.45, 7) is -0.241. The number of rotatable bonds is 5. The predicted molar refractivity (Wildman–Crippen MR) is 116 cm³/mol. The van der Waals surface area contributed by atoms with Gasteiger partial charge in [-0.2, -0.15) is 5.10 Å². The number of pyridine rings is 1. The highest BCUT2D eigenvalue weighted by Crippen LogP contribution is 2.48. The molecular formula is C21H18BrFN6O3. The van der Waals surface area contributed by atoms with Gasteiger partial charge >= 0.3 is 0 Å². The highest BCUT2D eigenvalue weighted by atomic mass is 79.9. The zero-order chi connectivity index (χ0) is 22.6. The summed E-state index contributed by atoms with van der Waals surface area (Å²) < 4.78 is 15.7. The number of primary amides is 1. The number of carbonyl (C=O) groups is 3. The Balaban J connectivity index is 1.39. The van der Waals surface area contributed by atoms with Crippen molar-refractivity contribution in [2.45, 2.75) is 31.5 Å². The van der Waals surface area contributed by atoms with Gasteiger partial charge in [0.05, 0.1) is 5.52 Å². The van der Waals surface area contributed by atoms with E-state index in [0.29, 0.717) is 22.2 Å². The first-order valence-electron chi connectivity index (χ1n) is 10.0. The Bertz CT molecular complexity index is 1280. The monoisotopic (exact) mass is 500 g/mol. The van der Waals surface area contributed by atoms with E-state index in [1.54, 1.807) is 23.1 Å². The number of anilines is 1. The van der Waals surface area contributed by atoms with Crippen molar-refractivity contribution in [2.24, 2.45) is 11.7 Å². The minimum Gasteiger partial charge on any atom is -0.364 e. The van der Waals surface area contributed by atoms with Crippen LogP contribution in [0.4, 0.5) is 10.2 Å². The van der Waals surface area contributed by atoms with E-state index < -0.39 is 17.8 Å². The standard InChI is InChI=1S/C21H18BrFN6O3/c22-16-2-1-3-17(25-16)26-21(32)15-7-10-6-13(10)29(15)18(30)9-28-14-8-11(23)4-5-12(14)19(27-28)20(24)31/h1-5,8,10,13,15H,6-7,9H2,(H2,24,31)(H,25,26,32)/t10-,13-,15+/m1/s1. The van der Waals surface area contributed by atoms with Crippen molar-refractivity contribution in [3.63, 3.8) is 0 Å². The zero-order valence-electron chi connectivity index (χ0n) is 16.7. The summed E-state index contributed by atoms with van der Waals surface area (Å²) in [6, 6.07) is 8.33. The minimum atomic E-state index is -0.769. The second kappa shape index (κ2) is 7.66. The van der Waals surface area contributed by atoms with Gasteiger partial charge in [0.1, 0.15) is 28.8 Å². The molecule has 0 unspecified atom stereocenters. The molecule has 2 aromatic heterocycles. The summed E-state index contributed by atoms with van der Waals surface area (Å²) in [5.74, 6) is -1.28. The van der Waals surface area contributed by atoms with E-state index in [4.69, 9.17) is 5.73 Å². The second-order valence-corrected chi connectivity index (χ2v) is 8.79. The lowest BCUT2D eigenvalue weighted by Crippen LogP contribution is -2.46. The number of nitrogens with two attached hydrogens (primary N) is 1. The topological polar surface area (TPSA) is 123 Å². The zero-order valence-corrected chi connectivity index (χ0v) is 18.3. The van der Waals surface area contributed by atoms with E-state index in [0.717, 1.165) is 6.42 Å². The van der Waals surface area contributed by atoms with E-state index in [2.05, 4.69) is 31.3 Å². The van der Waals surface area contributed by atoms with Crippen molar-refractivity contribution in [1.29, 1.82) is 0 Å². The van der Waals surface area contributed by atoms with E-state index in [9.17, 15) is 18.8 Å². The lowest BCUT2D eigenvalue weighted by Gasteiger charge is -2.26. The Morgan fingerprint density at radius 3 is 2.78 bits per heavy atom. The van der Waals surface area contributed by atoms with Gasteiger partial charge in [0.2, 0.25) is 11.8 Å². The molecule has 9 nitrogen and oxygen atoms in total. The molecule has 1 aliphatic carbocycles. The van der Waals surface area contributed by atoms with Crippen molar-refractivity contribution in [2.75, 3.05) is 5.32 Å². The van der Waals surface area contributed by atoms with Gasteiger partial charge in [0.15, 0.2) is 5.69 Å². The van der Waals surface area contributed by atoms with Crippen molar-refractivity contribution in [1.82, 2.24) is 19.7 Å². The maximum atomic E-state index is 13.8. The molecule has 32 heavy (non-hydrogen) atoms. The van der Waals surface area contributed by atoms with E-state index in [1.807, 2.05) is 0 Å². The molecule has 0 bridgehead atoms. The lowest BCUT2D eigenvalue weighted by molar-refractivity contribution is -0.138. The molecule has 0 spiro atoms. The maximum absolute atomic E-state index is 13.8. The fraction of sp³-hybridized carbons (Fsp3) is 0.286. The molecule has 3 N–H and O–H groups in total. The third-order valence-corrected chi connectivity index (χ3v) is 6.34. The molecule has 1 aromatic carbocycles. The summed E-state index contributed by atoms with van der Waals surface area (Å²) in [5.41, 5.74) is 5.65. The van der Waals surface area contributed by atoms with Crippen LogP contribution in [0.15, 0.2) is 41.0 Å². The normalized spacial score (nSPS) is 21.4. The molecule has 3 heterocycles. The SMILES string of the molecule is NC(=O)c1nn(CC(=O)N2[C@@H]3C[C@@H]3C[C@H]2C(=O)Nc2cccc(Br)n2)c2cc(F)ccc12. The second-order valence-electron chi connectivity index (χ2n) is 7.98. The van der Waals surface area contributed by atoms with Crippen molar-refractivity contribution in [3.05, 3.63) is 52.5 Å². The van der Waals surface area contributed by atoms with Gasteiger partial charge in [-0.3, -0.25) is 19.1 Å². The maximum Gasteiger partial charge on any atom is 0.269 e. The van der Waals surface area contributed by atoms with Crippen LogP contribution in [-0.2, 0) is 16.1 Å². The van der Waals surface area contributed by atoms with Crippen LogP contribution in [0.2, 0.25) is 0 Å². The summed E-state index contributed by atoms with van der Waals surface area (Å²) in [6.07, 6.45) is 1.41. The number of hydrogen-bond donors (Lipinski definition) is 2. The Hall–Kier alpha value is -3.34. The molecule has 3 amide bonds. The summed E-state index contributed by atoms with van der Waals surface area (Å²) >= 11 is 3.27. The first-order chi connectivity index (χ1) is 15.3. The Morgan fingerprint density at radius 2 is 2.03 bits per heavy atom. The Morgan fingerprint density at radius 1 is 1.22 bits per heavy atom. The summed E-state index contributed by atoms with van der Waals surface area (Å²) in [7, 11) is 0. The third-order valence-electron chi connectivity index (χ3n) is 5.89. The average Bonchev–Trinajstić information content (AvgIpc) is 3.25. The number of nitrogens with one attached hydrogen (secondary N) is 1. The van der Waals surface area contributed by atoms with Crippen LogP contribution in [0.1, 0.15) is 23.3 Å². The number of aromatic nitrogens is 3. The predicted octanol–water partition coefficient (Wildman–Crippen LogP) is 2.06. The molecule has 2 fully saturated rings. The summed E-state index contributed by atoms with van der Waals surface area (Å²) in [5, 5.41) is 7.27. The van der Waals surface area contributed by atoms with Crippen LogP contribution < -0.4 is 11.1 Å². The third kappa shape index (κ3) is 3.62. The number of halogens is 2. The van der Waals surface area contributed by atoms with Crippen molar-refractivity contribution >= 4 is 50.4 Å². The van der Waals surface area contributed by atoms with Crippen LogP contribution in [0.5, 0.6) is 0 Å². The van der Waals surface area contributed by atoms with E-state index >= 15 is 0 Å². The van der Waals surface area contributed by atoms with Gasteiger partial charge in [-0.05, 0) is 65.0 Å². The quantitative estimate of drug-likeness (QED) is 0.519. The number of amides is 3. The highest BCUT2D eigenvalue weighted by molar-refractivity contribution is 9.10. The Labute approximate surface area is 189 Å². The molecular weight excluding hydrogens is 483 g/mol. The van der Waals surface area contributed by atoms with Crippen LogP contribution in [0, 0.1) is 11.7 Å². The van der Waals surface area contributed by atoms with Gasteiger partial charge in [-0.15, -0.1) is 0 Å². The molecule has 2 aliphatic rings. The van der Waals surface area contributed by atoms with Crippen molar-refractivity contribution < 1.29 is 18.8 Å². The number of carbonyl (C=O) groups excluding carboxylic acids is 3. The molecule has 3 aromatic rings. The lowest BCUT2D eigenvalue weighted by atomic mass is 10.1. The average molecular weight is 501 g/mol. The Kier molecular flexibility index (Phi) is 4.92. The fourth-order valence-electron chi connectivity index (χ4n) is 4.40. The van der Waals surface area contributed by atoms with E-state index in [1.165, 1.54) is 22.9 Å². The highest BCUT2D eigenvalue weighted by Gasteiger charge is 2.56. The minimum absolute atomic E-state index is 0.0112. The number of piperidine rings is 1. The van der Waals surface area contributed by atoms with Gasteiger partial charge in [0.25, 0.3) is 5.91 Å². The molecule has 1 aliphatic heterocycles. The van der Waals surface area contributed by atoms with E-state index in [-0.39, 0.29) is 41.5 Å². The number of likely N-dealkylation sites (tertiary alicyclic amines) is 1.